The zero-order valence-electron chi connectivity index (χ0n) is 10.5. The van der Waals surface area contributed by atoms with Crippen LogP contribution in [0.15, 0.2) is 24.8 Å². The molecule has 0 saturated carbocycles. The predicted molar refractivity (Wildman–Crippen MR) is 69.1 cm³/mol. The Labute approximate surface area is 106 Å². The molecule has 0 aromatic carbocycles. The summed E-state index contributed by atoms with van der Waals surface area (Å²) in [6.45, 7) is 2.09. The number of piperidine rings is 1. The van der Waals surface area contributed by atoms with Crippen molar-refractivity contribution in [3.63, 3.8) is 0 Å². The second-order valence-corrected chi connectivity index (χ2v) is 4.70. The second kappa shape index (κ2) is 4.86. The van der Waals surface area contributed by atoms with Crippen LogP contribution >= 0.6 is 0 Å². The molecule has 1 saturated heterocycles. The predicted octanol–water partition coefficient (Wildman–Crippen LogP) is 1.34. The maximum Gasteiger partial charge on any atom is 0.160 e. The molecule has 0 spiro atoms. The Morgan fingerprint density at radius 1 is 1.22 bits per heavy atom. The minimum atomic E-state index is 0.444. The Morgan fingerprint density at radius 2 is 2.11 bits per heavy atom. The molecule has 0 bridgehead atoms. The molecule has 0 amide bonds. The minimum absolute atomic E-state index is 0.444. The van der Waals surface area contributed by atoms with E-state index >= 15 is 0 Å². The molecule has 2 aromatic heterocycles. The van der Waals surface area contributed by atoms with Gasteiger partial charge < -0.3 is 9.88 Å². The third-order valence-corrected chi connectivity index (χ3v) is 3.44. The van der Waals surface area contributed by atoms with Crippen LogP contribution in [0.4, 0.5) is 0 Å². The van der Waals surface area contributed by atoms with Crippen molar-refractivity contribution in [1.29, 1.82) is 0 Å². The Hall–Kier alpha value is -1.75. The van der Waals surface area contributed by atoms with Crippen LogP contribution in [0.1, 0.15) is 24.5 Å². The number of rotatable bonds is 2. The summed E-state index contributed by atoms with van der Waals surface area (Å²) in [6.07, 6.45) is 9.62. The van der Waals surface area contributed by atoms with Crippen LogP contribution in [-0.4, -0.2) is 32.6 Å². The first-order valence-corrected chi connectivity index (χ1v) is 6.35. The van der Waals surface area contributed by atoms with Gasteiger partial charge in [-0.1, -0.05) is 0 Å². The SMILES string of the molecule is Cn1ccnc1-c1nccnc1C1CCCNC1. The number of imidazole rings is 1. The highest BCUT2D eigenvalue weighted by Gasteiger charge is 2.22. The highest BCUT2D eigenvalue weighted by molar-refractivity contribution is 5.54. The summed E-state index contributed by atoms with van der Waals surface area (Å²) in [5.74, 6) is 1.34. The van der Waals surface area contributed by atoms with Gasteiger partial charge >= 0.3 is 0 Å². The van der Waals surface area contributed by atoms with E-state index in [1.54, 1.807) is 18.6 Å². The Balaban J connectivity index is 2.02. The summed E-state index contributed by atoms with van der Waals surface area (Å²) in [4.78, 5) is 13.4. The fraction of sp³-hybridized carbons (Fsp3) is 0.462. The van der Waals surface area contributed by atoms with Crippen molar-refractivity contribution in [2.24, 2.45) is 7.05 Å². The van der Waals surface area contributed by atoms with E-state index in [-0.39, 0.29) is 0 Å². The standard InChI is InChI=1S/C13H17N5/c1-18-8-7-17-13(18)12-11(15-5-6-16-12)10-3-2-4-14-9-10/h5-8,10,14H,2-4,9H2,1H3. The van der Waals surface area contributed by atoms with Crippen LogP contribution < -0.4 is 5.32 Å². The van der Waals surface area contributed by atoms with Gasteiger partial charge in [-0.3, -0.25) is 4.98 Å². The normalized spacial score (nSPS) is 19.9. The van der Waals surface area contributed by atoms with Crippen molar-refractivity contribution in [3.05, 3.63) is 30.5 Å². The molecule has 3 heterocycles. The van der Waals surface area contributed by atoms with Crippen LogP contribution in [0.2, 0.25) is 0 Å². The van der Waals surface area contributed by atoms with E-state index in [0.29, 0.717) is 5.92 Å². The minimum Gasteiger partial charge on any atom is -0.333 e. The number of hydrogen-bond donors (Lipinski definition) is 1. The van der Waals surface area contributed by atoms with Gasteiger partial charge in [-0.05, 0) is 19.4 Å². The summed E-state index contributed by atoms with van der Waals surface area (Å²) in [6, 6.07) is 0. The summed E-state index contributed by atoms with van der Waals surface area (Å²) in [7, 11) is 1.99. The number of nitrogens with one attached hydrogen (secondary N) is 1. The summed E-state index contributed by atoms with van der Waals surface area (Å²) >= 11 is 0. The van der Waals surface area contributed by atoms with Gasteiger partial charge in [0.05, 0.1) is 5.69 Å². The van der Waals surface area contributed by atoms with E-state index in [2.05, 4.69) is 20.3 Å². The van der Waals surface area contributed by atoms with Crippen molar-refractivity contribution >= 4 is 0 Å². The fourth-order valence-corrected chi connectivity index (χ4v) is 2.50. The van der Waals surface area contributed by atoms with Crippen molar-refractivity contribution in [1.82, 2.24) is 24.8 Å². The Kier molecular flexibility index (Phi) is 3.06. The summed E-state index contributed by atoms with van der Waals surface area (Å²) < 4.78 is 1.99. The van der Waals surface area contributed by atoms with Gasteiger partial charge in [-0.2, -0.15) is 0 Å². The van der Waals surface area contributed by atoms with Crippen molar-refractivity contribution in [2.75, 3.05) is 13.1 Å². The molecule has 3 rings (SSSR count). The largest absolute Gasteiger partial charge is 0.333 e. The molecule has 1 unspecified atom stereocenters. The average molecular weight is 243 g/mol. The van der Waals surface area contributed by atoms with Crippen molar-refractivity contribution in [2.45, 2.75) is 18.8 Å². The first-order valence-electron chi connectivity index (χ1n) is 6.35. The molecule has 18 heavy (non-hydrogen) atoms. The van der Waals surface area contributed by atoms with Gasteiger partial charge in [-0.25, -0.2) is 9.97 Å². The second-order valence-electron chi connectivity index (χ2n) is 4.70. The molecule has 5 nitrogen and oxygen atoms in total. The number of aromatic nitrogens is 4. The molecule has 1 aliphatic heterocycles. The van der Waals surface area contributed by atoms with Gasteiger partial charge in [0.25, 0.3) is 0 Å². The molecule has 1 N–H and O–H groups in total. The quantitative estimate of drug-likeness (QED) is 0.865. The lowest BCUT2D eigenvalue weighted by molar-refractivity contribution is 0.454. The molecule has 94 valence electrons. The van der Waals surface area contributed by atoms with Gasteiger partial charge in [0.15, 0.2) is 5.82 Å². The topological polar surface area (TPSA) is 55.6 Å². The van der Waals surface area contributed by atoms with Crippen molar-refractivity contribution < 1.29 is 0 Å². The van der Waals surface area contributed by atoms with Crippen molar-refractivity contribution in [3.8, 4) is 11.5 Å². The maximum absolute atomic E-state index is 4.54. The van der Waals surface area contributed by atoms with E-state index in [4.69, 9.17) is 0 Å². The molecular formula is C13H17N5. The lowest BCUT2D eigenvalue weighted by Gasteiger charge is -2.23. The van der Waals surface area contributed by atoms with Crippen LogP contribution in [0.3, 0.4) is 0 Å². The molecular weight excluding hydrogens is 226 g/mol. The Bertz CT molecular complexity index is 528. The lowest BCUT2D eigenvalue weighted by Crippen LogP contribution is -2.29. The first kappa shape index (κ1) is 11.3. The van der Waals surface area contributed by atoms with E-state index in [0.717, 1.165) is 30.3 Å². The number of nitrogens with zero attached hydrogens (tertiary/aromatic N) is 4. The first-order chi connectivity index (χ1) is 8.86. The smallest absolute Gasteiger partial charge is 0.160 e. The fourth-order valence-electron chi connectivity index (χ4n) is 2.50. The number of hydrogen-bond acceptors (Lipinski definition) is 4. The van der Waals surface area contributed by atoms with E-state index in [9.17, 15) is 0 Å². The Morgan fingerprint density at radius 3 is 2.83 bits per heavy atom. The summed E-state index contributed by atoms with van der Waals surface area (Å²) in [5.41, 5.74) is 1.98. The zero-order chi connectivity index (χ0) is 12.4. The van der Waals surface area contributed by atoms with Gasteiger partial charge in [-0.15, -0.1) is 0 Å². The van der Waals surface area contributed by atoms with Crippen LogP contribution in [0.5, 0.6) is 0 Å². The highest BCUT2D eigenvalue weighted by atomic mass is 15.1. The van der Waals surface area contributed by atoms with Crippen LogP contribution in [0.25, 0.3) is 11.5 Å². The number of aryl methyl sites for hydroxylation is 1. The van der Waals surface area contributed by atoms with Gasteiger partial charge in [0.2, 0.25) is 0 Å². The maximum atomic E-state index is 4.54. The average Bonchev–Trinajstić information content (AvgIpc) is 2.86. The molecule has 1 aliphatic rings. The van der Waals surface area contributed by atoms with Crippen LogP contribution in [-0.2, 0) is 7.05 Å². The zero-order valence-corrected chi connectivity index (χ0v) is 10.5. The molecule has 2 aromatic rings. The molecule has 1 atom stereocenters. The van der Waals surface area contributed by atoms with E-state index in [1.807, 2.05) is 17.8 Å². The van der Waals surface area contributed by atoms with Gasteiger partial charge in [0.1, 0.15) is 5.69 Å². The molecule has 1 fully saturated rings. The summed E-state index contributed by atoms with van der Waals surface area (Å²) in [5, 5.41) is 3.43. The monoisotopic (exact) mass is 243 g/mol. The molecule has 5 heteroatoms. The van der Waals surface area contributed by atoms with E-state index in [1.165, 1.54) is 12.8 Å². The third kappa shape index (κ3) is 2.01. The van der Waals surface area contributed by atoms with Crippen LogP contribution in [0, 0.1) is 0 Å². The molecule has 0 radical (unpaired) electrons. The van der Waals surface area contributed by atoms with Gasteiger partial charge in [0, 0.05) is 44.3 Å². The molecule has 0 aliphatic carbocycles. The lowest BCUT2D eigenvalue weighted by atomic mass is 9.94. The van der Waals surface area contributed by atoms with E-state index < -0.39 is 0 Å². The third-order valence-electron chi connectivity index (χ3n) is 3.44. The highest BCUT2D eigenvalue weighted by Crippen LogP contribution is 2.28.